The van der Waals surface area contributed by atoms with Crippen molar-refractivity contribution in [3.63, 3.8) is 0 Å². The van der Waals surface area contributed by atoms with Crippen LogP contribution >= 0.6 is 0 Å². The van der Waals surface area contributed by atoms with E-state index in [2.05, 4.69) is 27.7 Å². The maximum atomic E-state index is 12.1. The van der Waals surface area contributed by atoms with E-state index in [1.165, 1.54) is 18.5 Å². The molecule has 5 heteroatoms. The van der Waals surface area contributed by atoms with Gasteiger partial charge in [-0.1, -0.05) is 6.07 Å². The fourth-order valence-electron chi connectivity index (χ4n) is 2.85. The van der Waals surface area contributed by atoms with Crippen LogP contribution in [0.5, 0.6) is 5.75 Å². The molecule has 0 aliphatic carbocycles. The van der Waals surface area contributed by atoms with Gasteiger partial charge in [0.2, 0.25) is 5.91 Å². The van der Waals surface area contributed by atoms with E-state index in [0.29, 0.717) is 0 Å². The number of rotatable bonds is 6. The molecular weight excluding hydrogens is 302 g/mol. The summed E-state index contributed by atoms with van der Waals surface area (Å²) in [5.41, 5.74) is 2.89. The molecule has 1 fully saturated rings. The van der Waals surface area contributed by atoms with Gasteiger partial charge in [-0.15, -0.1) is 0 Å². The van der Waals surface area contributed by atoms with Crippen molar-refractivity contribution in [3.05, 3.63) is 48.5 Å². The number of nitrogens with zero attached hydrogens (tertiary/aromatic N) is 1. The third-order valence-electron chi connectivity index (χ3n) is 4.15. The number of nitrogens with one attached hydrogen (secondary N) is 2. The Balaban J connectivity index is 1.50. The van der Waals surface area contributed by atoms with Crippen molar-refractivity contribution < 1.29 is 9.53 Å². The molecule has 2 N–H and O–H groups in total. The molecule has 1 heterocycles. The van der Waals surface area contributed by atoms with E-state index in [4.69, 9.17) is 4.74 Å². The van der Waals surface area contributed by atoms with Gasteiger partial charge in [-0.3, -0.25) is 4.79 Å². The summed E-state index contributed by atoms with van der Waals surface area (Å²) in [6, 6.07) is 15.6. The molecule has 3 rings (SSSR count). The molecule has 24 heavy (non-hydrogen) atoms. The second-order valence-corrected chi connectivity index (χ2v) is 5.87. The van der Waals surface area contributed by atoms with Crippen LogP contribution in [0.3, 0.4) is 0 Å². The van der Waals surface area contributed by atoms with Crippen LogP contribution in [0.2, 0.25) is 0 Å². The Kier molecular flexibility index (Phi) is 5.21. The van der Waals surface area contributed by atoms with E-state index in [0.717, 1.165) is 30.2 Å². The van der Waals surface area contributed by atoms with Crippen LogP contribution in [0.4, 0.5) is 17.1 Å². The van der Waals surface area contributed by atoms with Crippen molar-refractivity contribution in [2.24, 2.45) is 0 Å². The zero-order valence-electron chi connectivity index (χ0n) is 13.9. The van der Waals surface area contributed by atoms with Gasteiger partial charge in [-0.2, -0.15) is 0 Å². The van der Waals surface area contributed by atoms with Crippen LogP contribution in [-0.4, -0.2) is 32.7 Å². The lowest BCUT2D eigenvalue weighted by atomic mass is 10.2. The third-order valence-corrected chi connectivity index (χ3v) is 4.15. The number of carbonyl (C=O) groups is 1. The van der Waals surface area contributed by atoms with Crippen molar-refractivity contribution in [3.8, 4) is 5.75 Å². The fourth-order valence-corrected chi connectivity index (χ4v) is 2.85. The summed E-state index contributed by atoms with van der Waals surface area (Å²) in [4.78, 5) is 14.4. The number of hydrogen-bond donors (Lipinski definition) is 2. The van der Waals surface area contributed by atoms with Gasteiger partial charge in [0.1, 0.15) is 5.75 Å². The van der Waals surface area contributed by atoms with Gasteiger partial charge in [0.05, 0.1) is 13.7 Å². The number of hydrogen-bond acceptors (Lipinski definition) is 4. The number of methoxy groups -OCH3 is 1. The minimum atomic E-state index is -0.0771. The van der Waals surface area contributed by atoms with Crippen LogP contribution in [0, 0.1) is 0 Å². The van der Waals surface area contributed by atoms with E-state index >= 15 is 0 Å². The molecule has 0 saturated carbocycles. The van der Waals surface area contributed by atoms with Crippen molar-refractivity contribution in [1.82, 2.24) is 0 Å². The Hall–Kier alpha value is -2.69. The molecule has 1 aliphatic rings. The summed E-state index contributed by atoms with van der Waals surface area (Å²) >= 11 is 0. The molecule has 0 unspecified atom stereocenters. The zero-order chi connectivity index (χ0) is 16.8. The molecule has 1 saturated heterocycles. The third kappa shape index (κ3) is 4.19. The standard InChI is InChI=1S/C19H23N3O2/c1-24-18-6-4-5-16(13-18)20-14-19(23)21-15-7-9-17(10-8-15)22-11-2-3-12-22/h4-10,13,20H,2-3,11-12,14H2,1H3,(H,21,23). The molecule has 0 bridgehead atoms. The summed E-state index contributed by atoms with van der Waals surface area (Å²) in [7, 11) is 1.62. The van der Waals surface area contributed by atoms with Crippen molar-refractivity contribution in [2.75, 3.05) is 42.3 Å². The molecule has 2 aromatic rings. The molecule has 0 spiro atoms. The lowest BCUT2D eigenvalue weighted by molar-refractivity contribution is -0.114. The van der Waals surface area contributed by atoms with Crippen molar-refractivity contribution >= 4 is 23.0 Å². The first kappa shape index (κ1) is 16.2. The zero-order valence-corrected chi connectivity index (χ0v) is 13.9. The lowest BCUT2D eigenvalue weighted by Gasteiger charge is -2.17. The molecule has 2 aromatic carbocycles. The molecule has 1 amide bonds. The highest BCUT2D eigenvalue weighted by Gasteiger charge is 2.12. The number of anilines is 3. The van der Waals surface area contributed by atoms with Crippen LogP contribution < -0.4 is 20.3 Å². The van der Waals surface area contributed by atoms with E-state index in [1.54, 1.807) is 7.11 Å². The Labute approximate surface area is 142 Å². The number of carbonyl (C=O) groups excluding carboxylic acids is 1. The van der Waals surface area contributed by atoms with E-state index in [1.807, 2.05) is 36.4 Å². The first-order valence-electron chi connectivity index (χ1n) is 8.27. The molecule has 0 aromatic heterocycles. The highest BCUT2D eigenvalue weighted by Crippen LogP contribution is 2.22. The van der Waals surface area contributed by atoms with Gasteiger partial charge >= 0.3 is 0 Å². The van der Waals surface area contributed by atoms with E-state index < -0.39 is 0 Å². The second kappa shape index (κ2) is 7.73. The number of benzene rings is 2. The smallest absolute Gasteiger partial charge is 0.243 e. The van der Waals surface area contributed by atoms with Gasteiger partial charge in [0.25, 0.3) is 0 Å². The number of ether oxygens (including phenoxy) is 1. The topological polar surface area (TPSA) is 53.6 Å². The second-order valence-electron chi connectivity index (χ2n) is 5.87. The monoisotopic (exact) mass is 325 g/mol. The van der Waals surface area contributed by atoms with Crippen LogP contribution in [0.25, 0.3) is 0 Å². The van der Waals surface area contributed by atoms with Gasteiger partial charge < -0.3 is 20.3 Å². The molecule has 5 nitrogen and oxygen atoms in total. The largest absolute Gasteiger partial charge is 0.497 e. The normalized spacial score (nSPS) is 13.6. The van der Waals surface area contributed by atoms with Crippen LogP contribution in [0.15, 0.2) is 48.5 Å². The summed E-state index contributed by atoms with van der Waals surface area (Å²) in [5, 5.41) is 6.00. The first-order chi connectivity index (χ1) is 11.7. The highest BCUT2D eigenvalue weighted by atomic mass is 16.5. The van der Waals surface area contributed by atoms with Gasteiger partial charge in [0, 0.05) is 36.2 Å². The minimum Gasteiger partial charge on any atom is -0.497 e. The lowest BCUT2D eigenvalue weighted by Crippen LogP contribution is -2.22. The Morgan fingerprint density at radius 2 is 1.83 bits per heavy atom. The molecule has 1 aliphatic heterocycles. The summed E-state index contributed by atoms with van der Waals surface area (Å²) in [5.74, 6) is 0.685. The van der Waals surface area contributed by atoms with Crippen molar-refractivity contribution in [1.29, 1.82) is 0 Å². The van der Waals surface area contributed by atoms with E-state index in [9.17, 15) is 4.79 Å². The van der Waals surface area contributed by atoms with Gasteiger partial charge in [0.15, 0.2) is 0 Å². The predicted octanol–water partition coefficient (Wildman–Crippen LogP) is 3.35. The molecular formula is C19H23N3O2. The maximum Gasteiger partial charge on any atom is 0.243 e. The van der Waals surface area contributed by atoms with Crippen LogP contribution in [-0.2, 0) is 4.79 Å². The van der Waals surface area contributed by atoms with Crippen LogP contribution in [0.1, 0.15) is 12.8 Å². The average Bonchev–Trinajstić information content (AvgIpc) is 3.15. The molecule has 0 radical (unpaired) electrons. The maximum absolute atomic E-state index is 12.1. The minimum absolute atomic E-state index is 0.0771. The highest BCUT2D eigenvalue weighted by molar-refractivity contribution is 5.93. The van der Waals surface area contributed by atoms with Crippen molar-refractivity contribution in [2.45, 2.75) is 12.8 Å². The molecule has 0 atom stereocenters. The fraction of sp³-hybridized carbons (Fsp3) is 0.316. The Bertz CT molecular complexity index is 679. The quantitative estimate of drug-likeness (QED) is 0.855. The Morgan fingerprint density at radius 1 is 1.08 bits per heavy atom. The van der Waals surface area contributed by atoms with E-state index in [-0.39, 0.29) is 12.5 Å². The summed E-state index contributed by atoms with van der Waals surface area (Å²) in [6.45, 7) is 2.45. The SMILES string of the molecule is COc1cccc(NCC(=O)Nc2ccc(N3CCCC3)cc2)c1. The summed E-state index contributed by atoms with van der Waals surface area (Å²) in [6.07, 6.45) is 2.52. The van der Waals surface area contributed by atoms with Gasteiger partial charge in [-0.25, -0.2) is 0 Å². The summed E-state index contributed by atoms with van der Waals surface area (Å²) < 4.78 is 5.17. The predicted molar refractivity (Wildman–Crippen MR) is 98.0 cm³/mol. The Morgan fingerprint density at radius 3 is 2.54 bits per heavy atom. The first-order valence-corrected chi connectivity index (χ1v) is 8.27. The van der Waals surface area contributed by atoms with Gasteiger partial charge in [-0.05, 0) is 49.2 Å². The molecule has 126 valence electrons. The average molecular weight is 325 g/mol. The number of amides is 1.